The van der Waals surface area contributed by atoms with Crippen LogP contribution in [0, 0.1) is 0 Å². The monoisotopic (exact) mass is 308 g/mol. The van der Waals surface area contributed by atoms with Gasteiger partial charge in [-0.3, -0.25) is 9.78 Å². The molecule has 3 heterocycles. The highest BCUT2D eigenvalue weighted by Crippen LogP contribution is 2.28. The molecule has 2 N–H and O–H groups in total. The van der Waals surface area contributed by atoms with Crippen LogP contribution in [0.2, 0.25) is 0 Å². The SMILES string of the molecule is CC(C)n1nc(-c2cnc(N)nc2-c2ccncc2)ccc1=O. The van der Waals surface area contributed by atoms with Gasteiger partial charge in [0.1, 0.15) is 0 Å². The van der Waals surface area contributed by atoms with Crippen molar-refractivity contribution in [3.63, 3.8) is 0 Å². The second-order valence-electron chi connectivity index (χ2n) is 5.32. The fraction of sp³-hybridized carbons (Fsp3) is 0.188. The van der Waals surface area contributed by atoms with E-state index < -0.39 is 0 Å². The van der Waals surface area contributed by atoms with E-state index in [4.69, 9.17) is 5.73 Å². The predicted octanol–water partition coefficient (Wildman–Crippen LogP) is 1.93. The second kappa shape index (κ2) is 5.96. The van der Waals surface area contributed by atoms with Crippen molar-refractivity contribution in [1.29, 1.82) is 0 Å². The quantitative estimate of drug-likeness (QED) is 0.793. The molecule has 3 rings (SSSR count). The molecule has 0 atom stereocenters. The molecular weight excluding hydrogens is 292 g/mol. The Bertz CT molecular complexity index is 889. The predicted molar refractivity (Wildman–Crippen MR) is 87.6 cm³/mol. The summed E-state index contributed by atoms with van der Waals surface area (Å²) in [7, 11) is 0. The molecule has 0 amide bonds. The van der Waals surface area contributed by atoms with Crippen molar-refractivity contribution in [3.8, 4) is 22.5 Å². The average Bonchev–Trinajstić information content (AvgIpc) is 2.56. The third-order valence-electron chi connectivity index (χ3n) is 3.35. The summed E-state index contributed by atoms with van der Waals surface area (Å²) in [4.78, 5) is 24.3. The molecule has 3 aromatic rings. The fourth-order valence-electron chi connectivity index (χ4n) is 2.25. The van der Waals surface area contributed by atoms with E-state index in [9.17, 15) is 4.79 Å². The normalized spacial score (nSPS) is 10.9. The zero-order valence-corrected chi connectivity index (χ0v) is 12.8. The second-order valence-corrected chi connectivity index (χ2v) is 5.32. The molecule has 0 spiro atoms. The van der Waals surface area contributed by atoms with Gasteiger partial charge in [-0.1, -0.05) is 0 Å². The van der Waals surface area contributed by atoms with Crippen LogP contribution in [0.25, 0.3) is 22.5 Å². The maximum absolute atomic E-state index is 11.9. The summed E-state index contributed by atoms with van der Waals surface area (Å²) in [6.45, 7) is 3.81. The highest BCUT2D eigenvalue weighted by Gasteiger charge is 2.14. The summed E-state index contributed by atoms with van der Waals surface area (Å²) in [5, 5.41) is 4.43. The Labute approximate surface area is 132 Å². The first-order valence-corrected chi connectivity index (χ1v) is 7.19. The minimum atomic E-state index is -0.148. The molecular formula is C16H16N6O. The van der Waals surface area contributed by atoms with E-state index in [0.717, 1.165) is 5.56 Å². The molecule has 3 aromatic heterocycles. The number of anilines is 1. The van der Waals surface area contributed by atoms with Crippen LogP contribution < -0.4 is 11.3 Å². The summed E-state index contributed by atoms with van der Waals surface area (Å²) >= 11 is 0. The molecule has 0 aromatic carbocycles. The molecule has 7 nitrogen and oxygen atoms in total. The van der Waals surface area contributed by atoms with E-state index in [2.05, 4.69) is 20.1 Å². The lowest BCUT2D eigenvalue weighted by Gasteiger charge is -2.12. The molecule has 0 aliphatic rings. The Hall–Kier alpha value is -3.09. The summed E-state index contributed by atoms with van der Waals surface area (Å²) in [6.07, 6.45) is 4.98. The van der Waals surface area contributed by atoms with Crippen LogP contribution >= 0.6 is 0 Å². The lowest BCUT2D eigenvalue weighted by atomic mass is 10.1. The third kappa shape index (κ3) is 2.94. The Balaban J connectivity index is 2.22. The summed E-state index contributed by atoms with van der Waals surface area (Å²) < 4.78 is 1.43. The molecule has 0 radical (unpaired) electrons. The largest absolute Gasteiger partial charge is 0.368 e. The number of pyridine rings is 1. The number of nitrogen functional groups attached to an aromatic ring is 1. The van der Waals surface area contributed by atoms with Gasteiger partial charge in [0.2, 0.25) is 5.95 Å². The van der Waals surface area contributed by atoms with Gasteiger partial charge in [0, 0.05) is 35.8 Å². The molecule has 116 valence electrons. The maximum Gasteiger partial charge on any atom is 0.267 e. The number of hydrogen-bond donors (Lipinski definition) is 1. The minimum absolute atomic E-state index is 0.0403. The Morgan fingerprint density at radius 1 is 1.13 bits per heavy atom. The van der Waals surface area contributed by atoms with Crippen molar-refractivity contribution < 1.29 is 0 Å². The van der Waals surface area contributed by atoms with E-state index in [1.54, 1.807) is 24.7 Å². The Morgan fingerprint density at radius 2 is 1.87 bits per heavy atom. The first-order valence-electron chi connectivity index (χ1n) is 7.19. The molecule has 0 unspecified atom stereocenters. The molecule has 0 saturated carbocycles. The van der Waals surface area contributed by atoms with Crippen LogP contribution in [0.4, 0.5) is 5.95 Å². The zero-order chi connectivity index (χ0) is 16.4. The maximum atomic E-state index is 11.9. The van der Waals surface area contributed by atoms with E-state index >= 15 is 0 Å². The number of nitrogens with zero attached hydrogens (tertiary/aromatic N) is 5. The smallest absolute Gasteiger partial charge is 0.267 e. The van der Waals surface area contributed by atoms with Gasteiger partial charge in [-0.2, -0.15) is 5.10 Å². The Morgan fingerprint density at radius 3 is 2.57 bits per heavy atom. The van der Waals surface area contributed by atoms with Crippen LogP contribution in [-0.4, -0.2) is 24.7 Å². The average molecular weight is 308 g/mol. The van der Waals surface area contributed by atoms with Gasteiger partial charge in [-0.05, 0) is 32.0 Å². The molecule has 7 heteroatoms. The number of aromatic nitrogens is 5. The van der Waals surface area contributed by atoms with Crippen molar-refractivity contribution in [1.82, 2.24) is 24.7 Å². The van der Waals surface area contributed by atoms with Gasteiger partial charge in [-0.15, -0.1) is 0 Å². The molecule has 0 fully saturated rings. The standard InChI is InChI=1S/C16H16N6O/c1-10(2)22-14(23)4-3-13(21-22)12-9-19-16(17)20-15(12)11-5-7-18-8-6-11/h3-10H,1-2H3,(H2,17,19,20). The van der Waals surface area contributed by atoms with Gasteiger partial charge in [0.15, 0.2) is 0 Å². The first kappa shape index (κ1) is 14.8. The molecule has 23 heavy (non-hydrogen) atoms. The van der Waals surface area contributed by atoms with Gasteiger partial charge < -0.3 is 5.73 Å². The summed E-state index contributed by atoms with van der Waals surface area (Å²) in [5.41, 5.74) is 8.42. The van der Waals surface area contributed by atoms with Crippen LogP contribution in [0.15, 0.2) is 47.7 Å². The van der Waals surface area contributed by atoms with Gasteiger partial charge in [0.05, 0.1) is 17.4 Å². The zero-order valence-electron chi connectivity index (χ0n) is 12.8. The van der Waals surface area contributed by atoms with Gasteiger partial charge >= 0.3 is 0 Å². The topological polar surface area (TPSA) is 99.6 Å². The molecule has 0 saturated heterocycles. The number of rotatable bonds is 3. The van der Waals surface area contributed by atoms with Crippen LogP contribution in [0.3, 0.4) is 0 Å². The molecule has 0 bridgehead atoms. The lowest BCUT2D eigenvalue weighted by Crippen LogP contribution is -2.24. The third-order valence-corrected chi connectivity index (χ3v) is 3.35. The highest BCUT2D eigenvalue weighted by molar-refractivity contribution is 5.78. The van der Waals surface area contributed by atoms with Crippen LogP contribution in [-0.2, 0) is 0 Å². The van der Waals surface area contributed by atoms with Crippen molar-refractivity contribution in [2.24, 2.45) is 0 Å². The molecule has 0 aliphatic carbocycles. The number of hydrogen-bond acceptors (Lipinski definition) is 6. The van der Waals surface area contributed by atoms with Crippen molar-refractivity contribution in [3.05, 3.63) is 53.2 Å². The van der Waals surface area contributed by atoms with E-state index in [0.29, 0.717) is 17.0 Å². The van der Waals surface area contributed by atoms with E-state index in [-0.39, 0.29) is 17.5 Å². The Kier molecular flexibility index (Phi) is 3.84. The summed E-state index contributed by atoms with van der Waals surface area (Å²) in [6, 6.07) is 6.80. The van der Waals surface area contributed by atoms with E-state index in [1.165, 1.54) is 10.7 Å². The van der Waals surface area contributed by atoms with Gasteiger partial charge in [0.25, 0.3) is 5.56 Å². The van der Waals surface area contributed by atoms with Crippen molar-refractivity contribution >= 4 is 5.95 Å². The molecule has 0 aliphatic heterocycles. The van der Waals surface area contributed by atoms with Crippen molar-refractivity contribution in [2.75, 3.05) is 5.73 Å². The van der Waals surface area contributed by atoms with Crippen LogP contribution in [0.1, 0.15) is 19.9 Å². The number of nitrogens with two attached hydrogens (primary N) is 1. The summed E-state index contributed by atoms with van der Waals surface area (Å²) in [5.74, 6) is 0.178. The highest BCUT2D eigenvalue weighted by atomic mass is 16.1. The van der Waals surface area contributed by atoms with Crippen LogP contribution in [0.5, 0.6) is 0 Å². The lowest BCUT2D eigenvalue weighted by molar-refractivity contribution is 0.505. The van der Waals surface area contributed by atoms with E-state index in [1.807, 2.05) is 26.0 Å². The fourth-order valence-corrected chi connectivity index (χ4v) is 2.25. The minimum Gasteiger partial charge on any atom is -0.368 e. The first-order chi connectivity index (χ1) is 11.1. The van der Waals surface area contributed by atoms with Gasteiger partial charge in [-0.25, -0.2) is 14.6 Å². The van der Waals surface area contributed by atoms with Crippen molar-refractivity contribution in [2.45, 2.75) is 19.9 Å².